The van der Waals surface area contributed by atoms with E-state index >= 15 is 0 Å². The Labute approximate surface area is 152 Å². The highest BCUT2D eigenvalue weighted by Gasteiger charge is 2.33. The van der Waals surface area contributed by atoms with Crippen LogP contribution in [0, 0.1) is 5.82 Å². The van der Waals surface area contributed by atoms with Crippen molar-refractivity contribution >= 4 is 5.69 Å². The summed E-state index contributed by atoms with van der Waals surface area (Å²) < 4.78 is 14.6. The fourth-order valence-corrected chi connectivity index (χ4v) is 3.81. The number of anilines is 1. The zero-order valence-electron chi connectivity index (χ0n) is 15.0. The molecule has 2 saturated heterocycles. The van der Waals surface area contributed by atoms with E-state index in [0.29, 0.717) is 6.04 Å². The smallest absolute Gasteiger partial charge is 0.347 e. The first-order valence-corrected chi connectivity index (χ1v) is 9.07. The van der Waals surface area contributed by atoms with E-state index in [1.54, 1.807) is 13.2 Å². The van der Waals surface area contributed by atoms with E-state index in [9.17, 15) is 9.18 Å². The third kappa shape index (κ3) is 3.64. The van der Waals surface area contributed by atoms with Gasteiger partial charge in [-0.3, -0.25) is 9.80 Å². The first-order chi connectivity index (χ1) is 12.6. The predicted molar refractivity (Wildman–Crippen MR) is 98.7 cm³/mol. The van der Waals surface area contributed by atoms with Gasteiger partial charge < -0.3 is 9.47 Å². The van der Waals surface area contributed by atoms with Crippen LogP contribution >= 0.6 is 0 Å². The van der Waals surface area contributed by atoms with E-state index in [0.717, 1.165) is 57.1 Å². The lowest BCUT2D eigenvalue weighted by molar-refractivity contribution is 0.0254. The Hall–Kier alpha value is -2.25. The van der Waals surface area contributed by atoms with Crippen molar-refractivity contribution in [2.75, 3.05) is 44.2 Å². The summed E-state index contributed by atoms with van der Waals surface area (Å²) in [6.07, 6.45) is 3.54. The maximum Gasteiger partial charge on any atom is 0.347 e. The standard InChI is InChI=1S/C19H24FN5O/c1-22-11-15(10-21-19(22)26)12-23-13-18(14-23)25-8-6-24(7-9-25)17-4-2-16(20)3-5-17/h2-5,10-11,18H,6-9,12-14H2,1H3. The van der Waals surface area contributed by atoms with Gasteiger partial charge in [-0.05, 0) is 24.3 Å². The molecule has 26 heavy (non-hydrogen) atoms. The Morgan fingerprint density at radius 2 is 1.81 bits per heavy atom. The van der Waals surface area contributed by atoms with Crippen LogP contribution in [0.1, 0.15) is 5.56 Å². The first-order valence-electron chi connectivity index (χ1n) is 9.07. The molecular formula is C19H24FN5O. The number of nitrogens with zero attached hydrogens (tertiary/aromatic N) is 5. The maximum absolute atomic E-state index is 13.1. The molecule has 0 spiro atoms. The van der Waals surface area contributed by atoms with Crippen LogP contribution in [0.2, 0.25) is 0 Å². The summed E-state index contributed by atoms with van der Waals surface area (Å²) in [6, 6.07) is 7.37. The van der Waals surface area contributed by atoms with E-state index in [2.05, 4.69) is 19.7 Å². The van der Waals surface area contributed by atoms with E-state index < -0.39 is 0 Å². The molecule has 2 fully saturated rings. The number of hydrogen-bond donors (Lipinski definition) is 0. The molecule has 3 heterocycles. The Bertz CT molecular complexity index is 807. The number of aryl methyl sites for hydroxylation is 1. The lowest BCUT2D eigenvalue weighted by atomic mass is 10.0. The minimum Gasteiger partial charge on any atom is -0.369 e. The fourth-order valence-electron chi connectivity index (χ4n) is 3.81. The van der Waals surface area contributed by atoms with Crippen molar-refractivity contribution in [1.29, 1.82) is 0 Å². The minimum atomic E-state index is -0.214. The van der Waals surface area contributed by atoms with Crippen molar-refractivity contribution in [3.63, 3.8) is 0 Å². The summed E-state index contributed by atoms with van der Waals surface area (Å²) in [5.74, 6) is -0.185. The molecule has 138 valence electrons. The van der Waals surface area contributed by atoms with Crippen molar-refractivity contribution in [2.24, 2.45) is 7.05 Å². The van der Waals surface area contributed by atoms with Gasteiger partial charge in [0.1, 0.15) is 5.82 Å². The molecule has 2 aromatic rings. The highest BCUT2D eigenvalue weighted by Crippen LogP contribution is 2.22. The largest absolute Gasteiger partial charge is 0.369 e. The van der Waals surface area contributed by atoms with Gasteiger partial charge in [0, 0.05) is 82.5 Å². The van der Waals surface area contributed by atoms with Crippen molar-refractivity contribution < 1.29 is 4.39 Å². The van der Waals surface area contributed by atoms with Gasteiger partial charge in [-0.2, -0.15) is 0 Å². The normalized spacial score (nSPS) is 19.5. The number of hydrogen-bond acceptors (Lipinski definition) is 5. The van der Waals surface area contributed by atoms with Crippen LogP contribution in [0.3, 0.4) is 0 Å². The molecule has 6 nitrogen and oxygen atoms in total. The van der Waals surface area contributed by atoms with Gasteiger partial charge >= 0.3 is 5.69 Å². The van der Waals surface area contributed by atoms with E-state index in [1.165, 1.54) is 16.7 Å². The molecule has 0 aliphatic carbocycles. The van der Waals surface area contributed by atoms with Crippen LogP contribution in [0.15, 0.2) is 41.5 Å². The van der Waals surface area contributed by atoms with Crippen molar-refractivity contribution in [3.8, 4) is 0 Å². The molecule has 1 aromatic carbocycles. The molecule has 0 saturated carbocycles. The van der Waals surface area contributed by atoms with Gasteiger partial charge in [-0.25, -0.2) is 14.2 Å². The average Bonchev–Trinajstić information content (AvgIpc) is 2.62. The topological polar surface area (TPSA) is 44.6 Å². The van der Waals surface area contributed by atoms with Crippen LogP contribution in [0.5, 0.6) is 0 Å². The molecule has 0 atom stereocenters. The second-order valence-corrected chi connectivity index (χ2v) is 7.20. The summed E-state index contributed by atoms with van der Waals surface area (Å²) in [5, 5.41) is 0. The highest BCUT2D eigenvalue weighted by atomic mass is 19.1. The number of rotatable bonds is 4. The monoisotopic (exact) mass is 357 g/mol. The van der Waals surface area contributed by atoms with Gasteiger partial charge in [0.15, 0.2) is 0 Å². The van der Waals surface area contributed by atoms with Crippen LogP contribution in [-0.2, 0) is 13.6 Å². The molecule has 2 aliphatic heterocycles. The Morgan fingerprint density at radius 1 is 1.12 bits per heavy atom. The molecule has 0 amide bonds. The molecule has 2 aliphatic rings. The SMILES string of the molecule is Cn1cc(CN2CC(N3CCN(c4ccc(F)cc4)CC3)C2)cnc1=O. The molecule has 4 rings (SSSR count). The molecule has 0 N–H and O–H groups in total. The van der Waals surface area contributed by atoms with Crippen LogP contribution < -0.4 is 10.6 Å². The number of likely N-dealkylation sites (tertiary alicyclic amines) is 1. The van der Waals surface area contributed by atoms with Crippen LogP contribution in [-0.4, -0.2) is 64.7 Å². The summed E-state index contributed by atoms with van der Waals surface area (Å²) in [6.45, 7) is 6.99. The Morgan fingerprint density at radius 3 is 2.46 bits per heavy atom. The third-order valence-corrected chi connectivity index (χ3v) is 5.37. The van der Waals surface area contributed by atoms with E-state index in [4.69, 9.17) is 0 Å². The fraction of sp³-hybridized carbons (Fsp3) is 0.474. The predicted octanol–water partition coefficient (Wildman–Crippen LogP) is 0.926. The second-order valence-electron chi connectivity index (χ2n) is 7.20. The molecule has 1 aromatic heterocycles. The quantitative estimate of drug-likeness (QED) is 0.815. The third-order valence-electron chi connectivity index (χ3n) is 5.37. The molecule has 0 bridgehead atoms. The zero-order chi connectivity index (χ0) is 18.1. The van der Waals surface area contributed by atoms with Gasteiger partial charge in [-0.15, -0.1) is 0 Å². The van der Waals surface area contributed by atoms with Gasteiger partial charge in [0.2, 0.25) is 0 Å². The molecule has 7 heteroatoms. The summed E-state index contributed by atoms with van der Waals surface area (Å²) >= 11 is 0. The number of piperazine rings is 1. The lowest BCUT2D eigenvalue weighted by Gasteiger charge is -2.48. The summed E-state index contributed by atoms with van der Waals surface area (Å²) in [4.78, 5) is 22.5. The maximum atomic E-state index is 13.1. The molecular weight excluding hydrogens is 333 g/mol. The molecule has 0 unspecified atom stereocenters. The summed E-state index contributed by atoms with van der Waals surface area (Å²) in [5.41, 5.74) is 1.96. The number of benzene rings is 1. The first kappa shape index (κ1) is 17.2. The van der Waals surface area contributed by atoms with Gasteiger partial charge in [-0.1, -0.05) is 0 Å². The molecule has 0 radical (unpaired) electrons. The van der Waals surface area contributed by atoms with Crippen LogP contribution in [0.4, 0.5) is 10.1 Å². The van der Waals surface area contributed by atoms with Gasteiger partial charge in [0.05, 0.1) is 0 Å². The van der Waals surface area contributed by atoms with Crippen molar-refractivity contribution in [1.82, 2.24) is 19.4 Å². The van der Waals surface area contributed by atoms with Crippen molar-refractivity contribution in [3.05, 3.63) is 58.5 Å². The number of halogens is 1. The Balaban J connectivity index is 1.24. The average molecular weight is 357 g/mol. The Kier molecular flexibility index (Phi) is 4.74. The van der Waals surface area contributed by atoms with Crippen LogP contribution in [0.25, 0.3) is 0 Å². The van der Waals surface area contributed by atoms with E-state index in [-0.39, 0.29) is 11.5 Å². The highest BCUT2D eigenvalue weighted by molar-refractivity contribution is 5.46. The lowest BCUT2D eigenvalue weighted by Crippen LogP contribution is -2.62. The second kappa shape index (κ2) is 7.17. The van der Waals surface area contributed by atoms with E-state index in [1.807, 2.05) is 18.3 Å². The number of aromatic nitrogens is 2. The summed E-state index contributed by atoms with van der Waals surface area (Å²) in [7, 11) is 1.73. The van der Waals surface area contributed by atoms with Gasteiger partial charge in [0.25, 0.3) is 0 Å². The minimum absolute atomic E-state index is 0.185. The zero-order valence-corrected chi connectivity index (χ0v) is 15.0. The van der Waals surface area contributed by atoms with Crippen molar-refractivity contribution in [2.45, 2.75) is 12.6 Å².